The molecule has 2 aliphatic rings. The lowest BCUT2D eigenvalue weighted by atomic mass is 9.72. The highest BCUT2D eigenvalue weighted by atomic mass is 35.5. The zero-order valence-corrected chi connectivity index (χ0v) is 19.6. The predicted molar refractivity (Wildman–Crippen MR) is 125 cm³/mol. The van der Waals surface area contributed by atoms with Crippen LogP contribution in [0, 0.1) is 5.92 Å². The van der Waals surface area contributed by atoms with Crippen LogP contribution >= 0.6 is 23.2 Å². The van der Waals surface area contributed by atoms with E-state index < -0.39 is 5.41 Å². The maximum Gasteiger partial charge on any atom is 0.233 e. The molecule has 2 aromatic rings. The second-order valence-corrected chi connectivity index (χ2v) is 9.32. The highest BCUT2D eigenvalue weighted by molar-refractivity contribution is 6.35. The fourth-order valence-corrected chi connectivity index (χ4v) is 5.42. The monoisotopic (exact) mass is 475 g/mol. The van der Waals surface area contributed by atoms with E-state index in [4.69, 9.17) is 32.7 Å². The number of Topliss-reactive ketones (excluding diaryl/α,β-unsaturated/α-hetero) is 1. The van der Waals surface area contributed by atoms with E-state index in [1.165, 1.54) is 0 Å². The zero-order chi connectivity index (χ0) is 22.7. The van der Waals surface area contributed by atoms with Crippen LogP contribution in [0.5, 0.6) is 5.75 Å². The van der Waals surface area contributed by atoms with Gasteiger partial charge < -0.3 is 14.4 Å². The molecule has 2 aliphatic heterocycles. The first-order valence-corrected chi connectivity index (χ1v) is 11.7. The van der Waals surface area contributed by atoms with Crippen LogP contribution in [-0.4, -0.2) is 50.0 Å². The lowest BCUT2D eigenvalue weighted by molar-refractivity contribution is -0.142. The highest BCUT2D eigenvalue weighted by Crippen LogP contribution is 2.42. The number of halogens is 2. The van der Waals surface area contributed by atoms with Gasteiger partial charge in [-0.25, -0.2) is 0 Å². The summed E-state index contributed by atoms with van der Waals surface area (Å²) in [5.41, 5.74) is 0.782. The minimum absolute atomic E-state index is 0.0698. The molecule has 0 N–H and O–H groups in total. The van der Waals surface area contributed by atoms with E-state index in [1.807, 2.05) is 11.0 Å². The van der Waals surface area contributed by atoms with Gasteiger partial charge in [0.05, 0.1) is 12.5 Å². The molecule has 0 aromatic heterocycles. The quantitative estimate of drug-likeness (QED) is 0.559. The lowest BCUT2D eigenvalue weighted by Crippen LogP contribution is -2.52. The Labute approximate surface area is 198 Å². The van der Waals surface area contributed by atoms with Gasteiger partial charge in [-0.2, -0.15) is 0 Å². The third-order valence-electron chi connectivity index (χ3n) is 6.73. The smallest absolute Gasteiger partial charge is 0.233 e. The summed E-state index contributed by atoms with van der Waals surface area (Å²) in [6.45, 7) is 2.13. The minimum Gasteiger partial charge on any atom is -0.497 e. The number of rotatable bonds is 5. The molecule has 7 heteroatoms. The number of methoxy groups -OCH3 is 1. The van der Waals surface area contributed by atoms with Crippen LogP contribution in [0.3, 0.4) is 0 Å². The summed E-state index contributed by atoms with van der Waals surface area (Å²) >= 11 is 12.6. The number of likely N-dealkylation sites (tertiary alicyclic amines) is 1. The predicted octanol–water partition coefficient (Wildman–Crippen LogP) is 5.17. The Balaban J connectivity index is 1.48. The Bertz CT molecular complexity index is 978. The average Bonchev–Trinajstić information content (AvgIpc) is 2.83. The van der Waals surface area contributed by atoms with Crippen molar-refractivity contribution < 1.29 is 19.1 Å². The van der Waals surface area contributed by atoms with Gasteiger partial charge in [-0.15, -0.1) is 0 Å². The molecular weight excluding hydrogens is 449 g/mol. The largest absolute Gasteiger partial charge is 0.497 e. The van der Waals surface area contributed by atoms with E-state index in [0.29, 0.717) is 67.6 Å². The van der Waals surface area contributed by atoms with Gasteiger partial charge in [0, 0.05) is 47.8 Å². The normalized spacial score (nSPS) is 18.9. The van der Waals surface area contributed by atoms with Gasteiger partial charge >= 0.3 is 0 Å². The molecule has 2 fully saturated rings. The summed E-state index contributed by atoms with van der Waals surface area (Å²) < 4.78 is 10.7. The number of carbonyl (C=O) groups is 2. The minimum atomic E-state index is -0.716. The second kappa shape index (κ2) is 9.82. The maximum absolute atomic E-state index is 13.8. The van der Waals surface area contributed by atoms with Gasteiger partial charge in [0.1, 0.15) is 5.75 Å². The van der Waals surface area contributed by atoms with E-state index in [9.17, 15) is 9.59 Å². The van der Waals surface area contributed by atoms with Gasteiger partial charge in [-0.05, 0) is 67.6 Å². The topological polar surface area (TPSA) is 55.8 Å². The third-order valence-corrected chi connectivity index (χ3v) is 7.28. The Morgan fingerprint density at radius 1 is 1.03 bits per heavy atom. The number of hydrogen-bond donors (Lipinski definition) is 0. The van der Waals surface area contributed by atoms with Gasteiger partial charge in [-0.1, -0.05) is 29.3 Å². The van der Waals surface area contributed by atoms with Crippen LogP contribution in [0.2, 0.25) is 10.0 Å². The summed E-state index contributed by atoms with van der Waals surface area (Å²) in [7, 11) is 1.60. The molecule has 1 amide bonds. The van der Waals surface area contributed by atoms with Gasteiger partial charge in [-0.3, -0.25) is 9.59 Å². The SMILES string of the molecule is COc1ccc(C(=O)C2CCN(C(=O)C3(c4ccc(Cl)cc4Cl)CCOCC3)CC2)cc1. The van der Waals surface area contributed by atoms with Crippen LogP contribution in [0.15, 0.2) is 42.5 Å². The van der Waals surface area contributed by atoms with Crippen molar-refractivity contribution in [2.75, 3.05) is 33.4 Å². The van der Waals surface area contributed by atoms with Crippen molar-refractivity contribution in [3.8, 4) is 5.75 Å². The van der Waals surface area contributed by atoms with E-state index in [2.05, 4.69) is 0 Å². The first-order chi connectivity index (χ1) is 15.4. The number of ether oxygens (including phenoxy) is 2. The van der Waals surface area contributed by atoms with Crippen molar-refractivity contribution in [3.05, 3.63) is 63.6 Å². The summed E-state index contributed by atoms with van der Waals surface area (Å²) in [4.78, 5) is 28.7. The molecule has 2 aromatic carbocycles. The zero-order valence-electron chi connectivity index (χ0n) is 18.1. The number of benzene rings is 2. The number of carbonyl (C=O) groups excluding carboxylic acids is 2. The molecule has 0 aliphatic carbocycles. The molecular formula is C25H27Cl2NO4. The highest BCUT2D eigenvalue weighted by Gasteiger charge is 2.46. The molecule has 5 nitrogen and oxygen atoms in total. The molecule has 0 radical (unpaired) electrons. The number of nitrogens with zero attached hydrogens (tertiary/aromatic N) is 1. The van der Waals surface area contributed by atoms with Gasteiger partial charge in [0.15, 0.2) is 5.78 Å². The van der Waals surface area contributed by atoms with E-state index >= 15 is 0 Å². The summed E-state index contributed by atoms with van der Waals surface area (Å²) in [6, 6.07) is 12.6. The molecule has 4 rings (SSSR count). The maximum atomic E-state index is 13.8. The molecule has 2 saturated heterocycles. The fourth-order valence-electron chi connectivity index (χ4n) is 4.83. The molecule has 0 saturated carbocycles. The summed E-state index contributed by atoms with van der Waals surface area (Å²) in [5.74, 6) is 0.837. The second-order valence-electron chi connectivity index (χ2n) is 8.48. The van der Waals surface area contributed by atoms with E-state index in [1.54, 1.807) is 43.5 Å². The van der Waals surface area contributed by atoms with Crippen LogP contribution in [0.4, 0.5) is 0 Å². The molecule has 0 atom stereocenters. The van der Waals surface area contributed by atoms with Crippen LogP contribution in [-0.2, 0) is 14.9 Å². The first kappa shape index (κ1) is 23.1. The van der Waals surface area contributed by atoms with Crippen LogP contribution < -0.4 is 4.74 Å². The molecule has 170 valence electrons. The van der Waals surface area contributed by atoms with Crippen molar-refractivity contribution >= 4 is 34.9 Å². The first-order valence-electron chi connectivity index (χ1n) is 11.0. The molecule has 0 spiro atoms. The summed E-state index contributed by atoms with van der Waals surface area (Å²) in [5, 5.41) is 1.06. The fraction of sp³-hybridized carbons (Fsp3) is 0.440. The van der Waals surface area contributed by atoms with Crippen molar-refractivity contribution in [3.63, 3.8) is 0 Å². The Morgan fingerprint density at radius 2 is 1.69 bits per heavy atom. The van der Waals surface area contributed by atoms with Crippen molar-refractivity contribution in [1.82, 2.24) is 4.90 Å². The average molecular weight is 476 g/mol. The standard InChI is InChI=1S/C25H27Cl2NO4/c1-31-20-5-2-17(3-6-20)23(29)18-8-12-28(13-9-18)24(30)25(10-14-32-15-11-25)21-7-4-19(26)16-22(21)27/h2-7,16,18H,8-15H2,1H3. The van der Waals surface area contributed by atoms with Crippen LogP contribution in [0.1, 0.15) is 41.6 Å². The van der Waals surface area contributed by atoms with E-state index in [0.717, 1.165) is 11.3 Å². The lowest BCUT2D eigenvalue weighted by Gasteiger charge is -2.42. The molecule has 32 heavy (non-hydrogen) atoms. The van der Waals surface area contributed by atoms with Gasteiger partial charge in [0.2, 0.25) is 5.91 Å². The number of piperidine rings is 1. The number of ketones is 1. The van der Waals surface area contributed by atoms with Crippen LogP contribution in [0.25, 0.3) is 0 Å². The number of amides is 1. The number of hydrogen-bond acceptors (Lipinski definition) is 4. The third kappa shape index (κ3) is 4.52. The Morgan fingerprint density at radius 3 is 2.28 bits per heavy atom. The van der Waals surface area contributed by atoms with Crippen molar-refractivity contribution in [2.45, 2.75) is 31.1 Å². The molecule has 0 unspecified atom stereocenters. The Kier molecular flexibility index (Phi) is 7.08. The van der Waals surface area contributed by atoms with Crippen molar-refractivity contribution in [2.24, 2.45) is 5.92 Å². The summed E-state index contributed by atoms with van der Waals surface area (Å²) in [6.07, 6.45) is 2.46. The van der Waals surface area contributed by atoms with Gasteiger partial charge in [0.25, 0.3) is 0 Å². The Hall–Kier alpha value is -2.08. The van der Waals surface area contributed by atoms with E-state index in [-0.39, 0.29) is 17.6 Å². The molecule has 0 bridgehead atoms. The molecule has 2 heterocycles. The van der Waals surface area contributed by atoms with Crippen molar-refractivity contribution in [1.29, 1.82) is 0 Å².